The lowest BCUT2D eigenvalue weighted by molar-refractivity contribution is -0.149. The van der Waals surface area contributed by atoms with Crippen LogP contribution in [0.1, 0.15) is 99.3 Å². The zero-order valence-corrected chi connectivity index (χ0v) is 17.1. The Morgan fingerprint density at radius 1 is 0.760 bits per heavy atom. The molecule has 0 aromatic heterocycles. The van der Waals surface area contributed by atoms with Crippen LogP contribution in [0.3, 0.4) is 0 Å². The van der Waals surface area contributed by atoms with E-state index in [1.165, 1.54) is 0 Å². The summed E-state index contributed by atoms with van der Waals surface area (Å²) in [5, 5.41) is 9.59. The maximum Gasteiger partial charge on any atom is 0.464 e. The Morgan fingerprint density at radius 3 is 1.64 bits per heavy atom. The van der Waals surface area contributed by atoms with Crippen molar-refractivity contribution in [2.45, 2.75) is 116 Å². The van der Waals surface area contributed by atoms with E-state index in [2.05, 4.69) is 34.6 Å². The third-order valence-corrected chi connectivity index (χ3v) is 7.04. The lowest BCUT2D eigenvalue weighted by atomic mass is 9.54. The van der Waals surface area contributed by atoms with E-state index in [9.17, 15) is 9.90 Å². The van der Waals surface area contributed by atoms with E-state index in [-0.39, 0.29) is 23.6 Å². The van der Waals surface area contributed by atoms with Gasteiger partial charge in [-0.3, -0.25) is 4.79 Å². The van der Waals surface area contributed by atoms with Crippen LogP contribution in [0.25, 0.3) is 0 Å². The van der Waals surface area contributed by atoms with Gasteiger partial charge in [-0.25, -0.2) is 0 Å². The number of carbonyl (C=O) groups is 1. The molecule has 144 valence electrons. The van der Waals surface area contributed by atoms with Gasteiger partial charge in [-0.05, 0) is 60.3 Å². The summed E-state index contributed by atoms with van der Waals surface area (Å²) in [7, 11) is -0.177. The Bertz CT molecular complexity index is 474. The van der Waals surface area contributed by atoms with Crippen LogP contribution in [0.4, 0.5) is 0 Å². The number of hydrogen-bond donors (Lipinski definition) is 1. The van der Waals surface area contributed by atoms with E-state index in [1.54, 1.807) is 0 Å². The molecular weight excluding hydrogens is 315 g/mol. The van der Waals surface area contributed by atoms with Crippen LogP contribution in [-0.4, -0.2) is 29.4 Å². The quantitative estimate of drug-likeness (QED) is 0.671. The van der Waals surface area contributed by atoms with E-state index in [4.69, 9.17) is 9.31 Å². The van der Waals surface area contributed by atoms with Crippen LogP contribution >= 0.6 is 0 Å². The summed E-state index contributed by atoms with van der Waals surface area (Å²) in [5.41, 5.74) is -1.16. The van der Waals surface area contributed by atoms with Crippen LogP contribution in [0.2, 0.25) is 5.31 Å². The van der Waals surface area contributed by atoms with Crippen LogP contribution in [0.5, 0.6) is 0 Å². The SMILES string of the molecule is CC1(B2OC(C)(C)C(C)(C)O2)CCCCCC(C)(C(=O)O)CCCC1. The molecule has 0 spiro atoms. The largest absolute Gasteiger partial charge is 0.481 e. The third-order valence-electron chi connectivity index (χ3n) is 7.04. The zero-order chi connectivity index (χ0) is 18.9. The second kappa shape index (κ2) is 7.23. The van der Waals surface area contributed by atoms with Gasteiger partial charge >= 0.3 is 13.1 Å². The van der Waals surface area contributed by atoms with Gasteiger partial charge in [-0.15, -0.1) is 0 Å². The molecule has 1 saturated heterocycles. The van der Waals surface area contributed by atoms with Gasteiger partial charge < -0.3 is 14.4 Å². The first kappa shape index (κ1) is 20.8. The topological polar surface area (TPSA) is 55.8 Å². The van der Waals surface area contributed by atoms with Crippen molar-refractivity contribution in [1.82, 2.24) is 0 Å². The fraction of sp³-hybridized carbons (Fsp3) is 0.950. The number of aliphatic carboxylic acids is 1. The van der Waals surface area contributed by atoms with Crippen molar-refractivity contribution in [2.24, 2.45) is 5.41 Å². The second-order valence-electron chi connectivity index (χ2n) is 9.88. The highest BCUT2D eigenvalue weighted by Crippen LogP contribution is 2.50. The van der Waals surface area contributed by atoms with Gasteiger partial charge in [0.25, 0.3) is 0 Å². The first-order valence-electron chi connectivity index (χ1n) is 10.0. The molecule has 0 radical (unpaired) electrons. The maximum atomic E-state index is 11.7. The molecule has 0 aromatic rings. The van der Waals surface area contributed by atoms with Crippen molar-refractivity contribution in [2.75, 3.05) is 0 Å². The highest BCUT2D eigenvalue weighted by molar-refractivity contribution is 6.49. The fourth-order valence-electron chi connectivity index (χ4n) is 4.09. The molecule has 4 nitrogen and oxygen atoms in total. The summed E-state index contributed by atoms with van der Waals surface area (Å²) in [4.78, 5) is 11.7. The van der Waals surface area contributed by atoms with Crippen LogP contribution in [0.15, 0.2) is 0 Å². The van der Waals surface area contributed by atoms with E-state index in [0.717, 1.165) is 57.8 Å². The predicted molar refractivity (Wildman–Crippen MR) is 102 cm³/mol. The minimum atomic E-state index is -0.638. The monoisotopic (exact) mass is 352 g/mol. The summed E-state index contributed by atoms with van der Waals surface area (Å²) < 4.78 is 12.7. The summed E-state index contributed by atoms with van der Waals surface area (Å²) in [5.74, 6) is -0.638. The molecule has 0 aromatic carbocycles. The number of rotatable bonds is 2. The standard InChI is InChI=1S/C20H37BO4/c1-17(2)18(3,4)25-21(24-17)20(6)14-9-7-8-12-19(5,16(22)23)13-10-11-15-20/h7-15H2,1-6H3,(H,22,23). The Kier molecular flexibility index (Phi) is 6.00. The van der Waals surface area contributed by atoms with Crippen LogP contribution in [-0.2, 0) is 14.1 Å². The summed E-state index contributed by atoms with van der Waals surface area (Å²) in [6.45, 7) is 12.7. The van der Waals surface area contributed by atoms with E-state index in [1.807, 2.05) is 6.92 Å². The average molecular weight is 352 g/mol. The minimum Gasteiger partial charge on any atom is -0.481 e. The van der Waals surface area contributed by atoms with Crippen molar-refractivity contribution in [1.29, 1.82) is 0 Å². The Hall–Kier alpha value is -0.545. The molecule has 1 heterocycles. The van der Waals surface area contributed by atoms with Crippen molar-refractivity contribution < 1.29 is 19.2 Å². The molecular formula is C20H37BO4. The number of carboxylic acids is 1. The third kappa shape index (κ3) is 4.41. The summed E-state index contributed by atoms with van der Waals surface area (Å²) >= 11 is 0. The molecule has 0 amide bonds. The minimum absolute atomic E-state index is 0.00496. The lowest BCUT2D eigenvalue weighted by Crippen LogP contribution is -2.41. The number of carboxylic acid groups (broad SMARTS) is 1. The fourth-order valence-corrected chi connectivity index (χ4v) is 4.09. The van der Waals surface area contributed by atoms with E-state index < -0.39 is 11.4 Å². The molecule has 5 heteroatoms. The van der Waals surface area contributed by atoms with Crippen LogP contribution < -0.4 is 0 Å². The van der Waals surface area contributed by atoms with Gasteiger partial charge in [0.15, 0.2) is 0 Å². The highest BCUT2D eigenvalue weighted by Gasteiger charge is 2.57. The molecule has 1 aliphatic heterocycles. The van der Waals surface area contributed by atoms with Gasteiger partial charge in [0, 0.05) is 5.31 Å². The smallest absolute Gasteiger partial charge is 0.464 e. The van der Waals surface area contributed by atoms with Crippen molar-refractivity contribution in [3.05, 3.63) is 0 Å². The zero-order valence-electron chi connectivity index (χ0n) is 17.1. The molecule has 2 fully saturated rings. The molecule has 2 aliphatic rings. The van der Waals surface area contributed by atoms with Gasteiger partial charge in [-0.2, -0.15) is 0 Å². The van der Waals surface area contributed by atoms with Crippen molar-refractivity contribution in [3.8, 4) is 0 Å². The molecule has 1 aliphatic carbocycles. The first-order valence-corrected chi connectivity index (χ1v) is 10.0. The van der Waals surface area contributed by atoms with E-state index >= 15 is 0 Å². The average Bonchev–Trinajstić information content (AvgIpc) is 2.70. The van der Waals surface area contributed by atoms with Gasteiger partial charge in [0.1, 0.15) is 0 Å². The molecule has 0 bridgehead atoms. The maximum absolute atomic E-state index is 11.7. The van der Waals surface area contributed by atoms with Gasteiger partial charge in [0.05, 0.1) is 16.6 Å². The highest BCUT2D eigenvalue weighted by atomic mass is 16.7. The van der Waals surface area contributed by atoms with E-state index in [0.29, 0.717) is 0 Å². The summed E-state index contributed by atoms with van der Waals surface area (Å²) in [6.07, 6.45) is 8.82. The molecule has 2 unspecified atom stereocenters. The first-order chi connectivity index (χ1) is 11.4. The molecule has 1 saturated carbocycles. The molecule has 1 N–H and O–H groups in total. The van der Waals surface area contributed by atoms with Crippen molar-refractivity contribution in [3.63, 3.8) is 0 Å². The lowest BCUT2D eigenvalue weighted by Gasteiger charge is -2.32. The van der Waals surface area contributed by atoms with Gasteiger partial charge in [-0.1, -0.05) is 39.0 Å². The Balaban J connectivity index is 2.08. The van der Waals surface area contributed by atoms with Crippen LogP contribution in [0, 0.1) is 5.41 Å². The number of hydrogen-bond acceptors (Lipinski definition) is 3. The molecule has 2 atom stereocenters. The van der Waals surface area contributed by atoms with Crippen molar-refractivity contribution >= 4 is 13.1 Å². The van der Waals surface area contributed by atoms with Gasteiger partial charge in [0.2, 0.25) is 0 Å². The Morgan fingerprint density at radius 2 is 1.16 bits per heavy atom. The normalized spacial score (nSPS) is 36.6. The Labute approximate surface area is 154 Å². The predicted octanol–water partition coefficient (Wildman–Crippen LogP) is 5.45. The molecule has 25 heavy (non-hydrogen) atoms. The summed E-state index contributed by atoms with van der Waals surface area (Å²) in [6, 6.07) is 0. The molecule has 2 rings (SSSR count). The second-order valence-corrected chi connectivity index (χ2v) is 9.88.